The van der Waals surface area contributed by atoms with E-state index in [9.17, 15) is 9.59 Å². The van der Waals surface area contributed by atoms with Gasteiger partial charge < -0.3 is 10.2 Å². The van der Waals surface area contributed by atoms with Crippen molar-refractivity contribution in [3.63, 3.8) is 0 Å². The van der Waals surface area contributed by atoms with E-state index in [-0.39, 0.29) is 23.2 Å². The van der Waals surface area contributed by atoms with Crippen molar-refractivity contribution in [1.82, 2.24) is 10.2 Å². The number of amides is 2. The lowest BCUT2D eigenvalue weighted by atomic mass is 10.1. The van der Waals surface area contributed by atoms with E-state index in [0.717, 1.165) is 4.88 Å². The maximum atomic E-state index is 13.3. The minimum absolute atomic E-state index is 0.0516. The summed E-state index contributed by atoms with van der Waals surface area (Å²) in [7, 11) is 0. The van der Waals surface area contributed by atoms with Crippen molar-refractivity contribution < 1.29 is 9.59 Å². The zero-order chi connectivity index (χ0) is 19.6. The molecule has 1 fully saturated rings. The summed E-state index contributed by atoms with van der Waals surface area (Å²) >= 11 is 9.20. The van der Waals surface area contributed by atoms with Crippen LogP contribution in [-0.2, 0) is 4.79 Å². The lowest BCUT2D eigenvalue weighted by molar-refractivity contribution is -0.125. The fourth-order valence-electron chi connectivity index (χ4n) is 2.84. The van der Waals surface area contributed by atoms with Crippen molar-refractivity contribution in [2.45, 2.75) is 38.2 Å². The number of carbonyl (C=O) groups excluding carboxylic acids is 2. The monoisotopic (exact) mass is 422 g/mol. The van der Waals surface area contributed by atoms with Gasteiger partial charge in [0.25, 0.3) is 5.91 Å². The maximum absolute atomic E-state index is 13.3. The molecule has 0 aliphatic carbocycles. The van der Waals surface area contributed by atoms with Crippen LogP contribution in [0.15, 0.2) is 41.8 Å². The van der Waals surface area contributed by atoms with Gasteiger partial charge in [-0.25, -0.2) is 0 Å². The third-order valence-electron chi connectivity index (χ3n) is 4.79. The topological polar surface area (TPSA) is 49.4 Å². The van der Waals surface area contributed by atoms with E-state index in [4.69, 9.17) is 11.6 Å². The molecule has 3 rings (SSSR count). The highest BCUT2D eigenvalue weighted by Crippen LogP contribution is 2.44. The Labute approximate surface area is 173 Å². The van der Waals surface area contributed by atoms with Crippen LogP contribution in [0.2, 0.25) is 5.02 Å². The summed E-state index contributed by atoms with van der Waals surface area (Å²) in [5.41, 5.74) is 0.540. The molecule has 2 heterocycles. The average Bonchev–Trinajstić information content (AvgIpc) is 3.30. The summed E-state index contributed by atoms with van der Waals surface area (Å²) < 4.78 is 0. The lowest BCUT2D eigenvalue weighted by Crippen LogP contribution is -2.50. The van der Waals surface area contributed by atoms with Gasteiger partial charge in [0.15, 0.2) is 0 Å². The predicted molar refractivity (Wildman–Crippen MR) is 113 cm³/mol. The Bertz CT molecular complexity index is 793. The molecule has 2 aromatic rings. The second kappa shape index (κ2) is 8.67. The number of hydrogen-bond donors (Lipinski definition) is 1. The van der Waals surface area contributed by atoms with Gasteiger partial charge in [-0.15, -0.1) is 23.1 Å². The molecular formula is C20H23ClN2O2S2. The quantitative estimate of drug-likeness (QED) is 0.751. The van der Waals surface area contributed by atoms with E-state index >= 15 is 0 Å². The van der Waals surface area contributed by atoms with Crippen LogP contribution in [0.3, 0.4) is 0 Å². The average molecular weight is 423 g/mol. The third-order valence-corrected chi connectivity index (χ3v) is 7.42. The molecule has 144 valence electrons. The SMILES string of the molecule is CC(C)[C@H](C)NC(=O)[C@@H]1CS[C@H](c2cccs2)N1C(=O)c1ccc(Cl)cc1. The van der Waals surface area contributed by atoms with Crippen LogP contribution in [0.5, 0.6) is 0 Å². The summed E-state index contributed by atoms with van der Waals surface area (Å²) in [5, 5.41) is 5.49. The molecule has 0 radical (unpaired) electrons. The molecule has 3 atom stereocenters. The molecule has 1 N–H and O–H groups in total. The molecule has 1 aromatic carbocycles. The molecule has 0 saturated carbocycles. The molecule has 7 heteroatoms. The fraction of sp³-hybridized carbons (Fsp3) is 0.400. The van der Waals surface area contributed by atoms with Crippen molar-refractivity contribution >= 4 is 46.5 Å². The molecule has 1 aliphatic heterocycles. The number of carbonyl (C=O) groups is 2. The highest BCUT2D eigenvalue weighted by Gasteiger charge is 2.43. The third kappa shape index (κ3) is 4.50. The van der Waals surface area contributed by atoms with Crippen molar-refractivity contribution in [1.29, 1.82) is 0 Å². The van der Waals surface area contributed by atoms with E-state index in [1.54, 1.807) is 52.3 Å². The number of benzene rings is 1. The van der Waals surface area contributed by atoms with Gasteiger partial charge in [-0.3, -0.25) is 9.59 Å². The molecule has 0 spiro atoms. The van der Waals surface area contributed by atoms with Crippen LogP contribution >= 0.6 is 34.7 Å². The van der Waals surface area contributed by atoms with Gasteiger partial charge in [0.05, 0.1) is 0 Å². The van der Waals surface area contributed by atoms with E-state index in [2.05, 4.69) is 19.2 Å². The van der Waals surface area contributed by atoms with E-state index in [1.807, 2.05) is 24.4 Å². The van der Waals surface area contributed by atoms with Crippen LogP contribution in [0.25, 0.3) is 0 Å². The number of thioether (sulfide) groups is 1. The van der Waals surface area contributed by atoms with Gasteiger partial charge in [0, 0.05) is 27.3 Å². The Kier molecular flexibility index (Phi) is 6.50. The summed E-state index contributed by atoms with van der Waals surface area (Å²) in [4.78, 5) is 29.0. The highest BCUT2D eigenvalue weighted by molar-refractivity contribution is 7.99. The fourth-order valence-corrected chi connectivity index (χ4v) is 5.36. The second-order valence-corrected chi connectivity index (χ2v) is 9.51. The van der Waals surface area contributed by atoms with Gasteiger partial charge in [-0.05, 0) is 48.6 Å². The van der Waals surface area contributed by atoms with E-state index in [1.165, 1.54) is 0 Å². The van der Waals surface area contributed by atoms with Gasteiger partial charge in [0.2, 0.25) is 5.91 Å². The molecule has 1 saturated heterocycles. The normalized spacial score (nSPS) is 20.7. The largest absolute Gasteiger partial charge is 0.352 e. The second-order valence-electron chi connectivity index (χ2n) is 6.98. The molecule has 4 nitrogen and oxygen atoms in total. The summed E-state index contributed by atoms with van der Waals surface area (Å²) in [6.07, 6.45) is 0. The first-order valence-electron chi connectivity index (χ1n) is 8.92. The Balaban J connectivity index is 1.89. The number of thiophene rings is 1. The van der Waals surface area contributed by atoms with Crippen LogP contribution in [0, 0.1) is 5.92 Å². The highest BCUT2D eigenvalue weighted by atomic mass is 35.5. The Morgan fingerprint density at radius 3 is 2.48 bits per heavy atom. The summed E-state index contributed by atoms with van der Waals surface area (Å²) in [6.45, 7) is 6.13. The smallest absolute Gasteiger partial charge is 0.255 e. The summed E-state index contributed by atoms with van der Waals surface area (Å²) in [6, 6.07) is 10.4. The van der Waals surface area contributed by atoms with Gasteiger partial charge in [-0.1, -0.05) is 31.5 Å². The molecule has 0 unspecified atom stereocenters. The number of hydrogen-bond acceptors (Lipinski definition) is 4. The van der Waals surface area contributed by atoms with E-state index < -0.39 is 6.04 Å². The number of nitrogens with one attached hydrogen (secondary N) is 1. The number of rotatable bonds is 5. The van der Waals surface area contributed by atoms with Crippen LogP contribution < -0.4 is 5.32 Å². The minimum Gasteiger partial charge on any atom is -0.352 e. The van der Waals surface area contributed by atoms with E-state index in [0.29, 0.717) is 22.3 Å². The summed E-state index contributed by atoms with van der Waals surface area (Å²) in [5.74, 6) is 0.674. The molecular weight excluding hydrogens is 400 g/mol. The molecule has 1 aliphatic rings. The van der Waals surface area contributed by atoms with Gasteiger partial charge in [0.1, 0.15) is 11.4 Å². The first-order chi connectivity index (χ1) is 12.9. The predicted octanol–water partition coefficient (Wildman–Crippen LogP) is 4.82. The maximum Gasteiger partial charge on any atom is 0.255 e. The molecule has 1 aromatic heterocycles. The Morgan fingerprint density at radius 2 is 1.89 bits per heavy atom. The molecule has 2 amide bonds. The number of nitrogens with zero attached hydrogens (tertiary/aromatic N) is 1. The molecule has 0 bridgehead atoms. The Morgan fingerprint density at radius 1 is 1.19 bits per heavy atom. The van der Waals surface area contributed by atoms with Crippen LogP contribution in [-0.4, -0.2) is 34.6 Å². The Hall–Kier alpha value is -1.50. The standard InChI is InChI=1S/C20H23ClN2O2S2/c1-12(2)13(3)22-18(24)16-11-27-20(17-5-4-10-26-17)23(16)19(25)14-6-8-15(21)9-7-14/h4-10,12-13,16,20H,11H2,1-3H3,(H,22,24)/t13-,16-,20+/m0/s1. The number of halogens is 1. The zero-order valence-corrected chi connectivity index (χ0v) is 17.9. The first-order valence-corrected chi connectivity index (χ1v) is 11.2. The van der Waals surface area contributed by atoms with Crippen LogP contribution in [0.4, 0.5) is 0 Å². The van der Waals surface area contributed by atoms with Gasteiger partial charge >= 0.3 is 0 Å². The first kappa shape index (κ1) is 20.2. The molecule has 27 heavy (non-hydrogen) atoms. The van der Waals surface area contributed by atoms with Crippen LogP contribution in [0.1, 0.15) is 41.4 Å². The minimum atomic E-state index is -0.494. The van der Waals surface area contributed by atoms with Crippen molar-refractivity contribution in [3.8, 4) is 0 Å². The zero-order valence-electron chi connectivity index (χ0n) is 15.5. The van der Waals surface area contributed by atoms with Gasteiger partial charge in [-0.2, -0.15) is 0 Å². The lowest BCUT2D eigenvalue weighted by Gasteiger charge is -2.30. The van der Waals surface area contributed by atoms with Crippen molar-refractivity contribution in [2.24, 2.45) is 5.92 Å². The van der Waals surface area contributed by atoms with Crippen molar-refractivity contribution in [2.75, 3.05) is 5.75 Å². The van der Waals surface area contributed by atoms with Crippen molar-refractivity contribution in [3.05, 3.63) is 57.2 Å².